The molecule has 2 atom stereocenters. The zero-order chi connectivity index (χ0) is 16.9. The van der Waals surface area contributed by atoms with E-state index in [-0.39, 0.29) is 18.3 Å². The van der Waals surface area contributed by atoms with Gasteiger partial charge in [-0.15, -0.1) is 12.4 Å². The number of nitrogens with zero attached hydrogens (tertiary/aromatic N) is 2. The Hall–Kier alpha value is -2.16. The Labute approximate surface area is 151 Å². The van der Waals surface area contributed by atoms with E-state index < -0.39 is 12.1 Å². The fourth-order valence-electron chi connectivity index (χ4n) is 2.39. The highest BCUT2D eigenvalue weighted by Gasteiger charge is 2.25. The third-order valence-electron chi connectivity index (χ3n) is 3.72. The predicted molar refractivity (Wildman–Crippen MR) is 92.7 cm³/mol. The molecule has 25 heavy (non-hydrogen) atoms. The van der Waals surface area contributed by atoms with Crippen molar-refractivity contribution in [3.05, 3.63) is 30.2 Å². The summed E-state index contributed by atoms with van der Waals surface area (Å²) in [6.07, 6.45) is -0.498. The van der Waals surface area contributed by atoms with Crippen LogP contribution in [0.15, 0.2) is 28.8 Å². The van der Waals surface area contributed by atoms with E-state index in [0.717, 1.165) is 12.1 Å². The molecule has 0 aliphatic carbocycles. The Bertz CT molecular complexity index is 703. The van der Waals surface area contributed by atoms with Gasteiger partial charge in [0.15, 0.2) is 0 Å². The topological polar surface area (TPSA) is 98.5 Å². The number of benzene rings is 1. The molecule has 9 heteroatoms. The first kappa shape index (κ1) is 19.2. The lowest BCUT2D eigenvalue weighted by Crippen LogP contribution is -2.48. The van der Waals surface area contributed by atoms with E-state index in [9.17, 15) is 4.79 Å². The van der Waals surface area contributed by atoms with Gasteiger partial charge in [-0.25, -0.2) is 0 Å². The third kappa shape index (κ3) is 4.68. The number of carbonyl (C=O) groups excluding carboxylic acids is 1. The van der Waals surface area contributed by atoms with Crippen LogP contribution >= 0.6 is 12.4 Å². The Balaban J connectivity index is 0.00000225. The Morgan fingerprint density at radius 3 is 3.04 bits per heavy atom. The molecule has 0 bridgehead atoms. The van der Waals surface area contributed by atoms with E-state index in [1.54, 1.807) is 14.0 Å². The molecule has 136 valence electrons. The fourth-order valence-corrected chi connectivity index (χ4v) is 2.39. The quantitative estimate of drug-likeness (QED) is 0.821. The summed E-state index contributed by atoms with van der Waals surface area (Å²) in [5.74, 6) is 1.29. The van der Waals surface area contributed by atoms with Crippen LogP contribution in [-0.4, -0.2) is 49.0 Å². The number of halogens is 1. The number of hydrogen-bond acceptors (Lipinski definition) is 7. The summed E-state index contributed by atoms with van der Waals surface area (Å²) in [6, 6.07) is 6.96. The van der Waals surface area contributed by atoms with Crippen molar-refractivity contribution in [3.8, 4) is 17.1 Å². The number of rotatable bonds is 5. The first-order valence-corrected chi connectivity index (χ1v) is 7.78. The van der Waals surface area contributed by atoms with E-state index >= 15 is 0 Å². The van der Waals surface area contributed by atoms with Crippen LogP contribution in [0.2, 0.25) is 0 Å². The average molecular weight is 369 g/mol. The number of amides is 1. The van der Waals surface area contributed by atoms with Crippen molar-refractivity contribution >= 4 is 18.3 Å². The minimum Gasteiger partial charge on any atom is -0.497 e. The van der Waals surface area contributed by atoms with Crippen LogP contribution in [0.5, 0.6) is 5.75 Å². The molecular formula is C16H21ClN4O4. The van der Waals surface area contributed by atoms with E-state index in [1.165, 1.54) is 0 Å². The van der Waals surface area contributed by atoms with Gasteiger partial charge in [0.25, 0.3) is 5.91 Å². The summed E-state index contributed by atoms with van der Waals surface area (Å²) >= 11 is 0. The van der Waals surface area contributed by atoms with Crippen molar-refractivity contribution in [2.45, 2.75) is 19.1 Å². The van der Waals surface area contributed by atoms with Gasteiger partial charge in [0.2, 0.25) is 11.7 Å². The van der Waals surface area contributed by atoms with Crippen molar-refractivity contribution in [2.75, 3.05) is 26.8 Å². The van der Waals surface area contributed by atoms with Crippen molar-refractivity contribution in [3.63, 3.8) is 0 Å². The molecule has 0 spiro atoms. The number of aromatic nitrogens is 2. The molecule has 1 amide bonds. The first-order valence-electron chi connectivity index (χ1n) is 7.78. The molecule has 1 aromatic heterocycles. The normalized spacial score (nSPS) is 18.1. The average Bonchev–Trinajstić information content (AvgIpc) is 3.13. The molecule has 0 saturated carbocycles. The Kier molecular flexibility index (Phi) is 6.74. The van der Waals surface area contributed by atoms with Crippen LogP contribution in [-0.2, 0) is 9.53 Å². The molecule has 0 radical (unpaired) electrons. The van der Waals surface area contributed by atoms with Gasteiger partial charge in [-0.2, -0.15) is 4.98 Å². The zero-order valence-corrected chi connectivity index (χ0v) is 14.8. The molecule has 8 nitrogen and oxygen atoms in total. The fraction of sp³-hybridized carbons (Fsp3) is 0.438. The minimum atomic E-state index is -0.498. The number of ether oxygens (including phenoxy) is 2. The first-order chi connectivity index (χ1) is 11.7. The monoisotopic (exact) mass is 368 g/mol. The van der Waals surface area contributed by atoms with Gasteiger partial charge in [0.05, 0.1) is 13.7 Å². The van der Waals surface area contributed by atoms with Crippen LogP contribution in [0.25, 0.3) is 11.4 Å². The van der Waals surface area contributed by atoms with Gasteiger partial charge < -0.3 is 24.6 Å². The number of nitrogens with one attached hydrogen (secondary N) is 2. The van der Waals surface area contributed by atoms with Gasteiger partial charge >= 0.3 is 0 Å². The van der Waals surface area contributed by atoms with Crippen LogP contribution in [0, 0.1) is 0 Å². The summed E-state index contributed by atoms with van der Waals surface area (Å²) in [4.78, 5) is 16.5. The highest BCUT2D eigenvalue weighted by atomic mass is 35.5. The SMILES string of the molecule is COc1cccc(-c2noc(C(C)NC(=O)C3CNCCO3)n2)c1.Cl. The van der Waals surface area contributed by atoms with Crippen LogP contribution < -0.4 is 15.4 Å². The van der Waals surface area contributed by atoms with Gasteiger partial charge in [-0.1, -0.05) is 17.3 Å². The largest absolute Gasteiger partial charge is 0.497 e. The van der Waals surface area contributed by atoms with Gasteiger partial charge in [-0.3, -0.25) is 4.79 Å². The van der Waals surface area contributed by atoms with Crippen LogP contribution in [0.3, 0.4) is 0 Å². The third-order valence-corrected chi connectivity index (χ3v) is 3.72. The number of morpholine rings is 1. The lowest BCUT2D eigenvalue weighted by Gasteiger charge is -2.23. The molecule has 1 aliphatic heterocycles. The minimum absolute atomic E-state index is 0. The maximum absolute atomic E-state index is 12.2. The maximum atomic E-state index is 12.2. The zero-order valence-electron chi connectivity index (χ0n) is 14.0. The lowest BCUT2D eigenvalue weighted by atomic mass is 10.2. The maximum Gasteiger partial charge on any atom is 0.251 e. The van der Waals surface area contributed by atoms with Crippen molar-refractivity contribution in [1.29, 1.82) is 0 Å². The molecule has 1 saturated heterocycles. The molecule has 1 aliphatic rings. The van der Waals surface area contributed by atoms with Crippen LogP contribution in [0.1, 0.15) is 18.9 Å². The summed E-state index contributed by atoms with van der Waals surface area (Å²) in [5.41, 5.74) is 0.780. The highest BCUT2D eigenvalue weighted by molar-refractivity contribution is 5.85. The highest BCUT2D eigenvalue weighted by Crippen LogP contribution is 2.22. The van der Waals surface area contributed by atoms with Crippen molar-refractivity contribution < 1.29 is 18.8 Å². The second-order valence-corrected chi connectivity index (χ2v) is 5.48. The number of hydrogen-bond donors (Lipinski definition) is 2. The summed E-state index contributed by atoms with van der Waals surface area (Å²) in [7, 11) is 1.60. The number of methoxy groups -OCH3 is 1. The van der Waals surface area contributed by atoms with Crippen LogP contribution in [0.4, 0.5) is 0 Å². The van der Waals surface area contributed by atoms with E-state index in [0.29, 0.717) is 30.6 Å². The summed E-state index contributed by atoms with van der Waals surface area (Å²) in [6.45, 7) is 3.56. The lowest BCUT2D eigenvalue weighted by molar-refractivity contribution is -0.135. The molecule has 2 aromatic rings. The van der Waals surface area contributed by atoms with E-state index in [4.69, 9.17) is 14.0 Å². The second kappa shape index (κ2) is 8.80. The van der Waals surface area contributed by atoms with Gasteiger partial charge in [0, 0.05) is 18.7 Å². The predicted octanol–water partition coefficient (Wildman–Crippen LogP) is 1.33. The Morgan fingerprint density at radius 1 is 1.48 bits per heavy atom. The Morgan fingerprint density at radius 2 is 2.32 bits per heavy atom. The van der Waals surface area contributed by atoms with Gasteiger partial charge in [0.1, 0.15) is 17.9 Å². The molecule has 2 N–H and O–H groups in total. The molecule has 2 unspecified atom stereocenters. The molecular weight excluding hydrogens is 348 g/mol. The second-order valence-electron chi connectivity index (χ2n) is 5.48. The van der Waals surface area contributed by atoms with Crippen molar-refractivity contribution in [1.82, 2.24) is 20.8 Å². The van der Waals surface area contributed by atoms with E-state index in [2.05, 4.69) is 20.8 Å². The molecule has 1 fully saturated rings. The standard InChI is InChI=1S/C16H20N4O4.ClH/c1-10(18-15(21)13-9-17-6-7-23-13)16-19-14(20-24-16)11-4-3-5-12(8-11)22-2;/h3-5,8,10,13,17H,6-7,9H2,1-2H3,(H,18,21);1H. The number of carbonyl (C=O) groups is 1. The summed E-state index contributed by atoms with van der Waals surface area (Å²) in [5, 5.41) is 9.91. The smallest absolute Gasteiger partial charge is 0.251 e. The van der Waals surface area contributed by atoms with E-state index in [1.807, 2.05) is 24.3 Å². The van der Waals surface area contributed by atoms with Gasteiger partial charge in [-0.05, 0) is 19.1 Å². The molecule has 1 aromatic carbocycles. The summed E-state index contributed by atoms with van der Waals surface area (Å²) < 4.78 is 15.9. The van der Waals surface area contributed by atoms with Crippen molar-refractivity contribution in [2.24, 2.45) is 0 Å². The molecule has 3 rings (SSSR count). The molecule has 2 heterocycles.